The fourth-order valence-corrected chi connectivity index (χ4v) is 2.84. The lowest BCUT2D eigenvalue weighted by Gasteiger charge is -2.23. The smallest absolute Gasteiger partial charge is 0.303 e. The summed E-state index contributed by atoms with van der Waals surface area (Å²) in [6, 6.07) is 13.3. The molecule has 1 aromatic carbocycles. The van der Waals surface area contributed by atoms with E-state index in [4.69, 9.17) is 9.84 Å². The highest BCUT2D eigenvalue weighted by Crippen LogP contribution is 2.29. The van der Waals surface area contributed by atoms with Gasteiger partial charge in [-0.2, -0.15) is 5.26 Å². The van der Waals surface area contributed by atoms with Crippen molar-refractivity contribution in [2.75, 3.05) is 18.5 Å². The molecule has 0 radical (unpaired) electrons. The molecule has 0 bridgehead atoms. The number of ether oxygens (including phenoxy) is 1. The zero-order valence-corrected chi connectivity index (χ0v) is 15.7. The van der Waals surface area contributed by atoms with Crippen LogP contribution in [0.2, 0.25) is 0 Å². The van der Waals surface area contributed by atoms with E-state index in [0.29, 0.717) is 24.3 Å². The van der Waals surface area contributed by atoms with Gasteiger partial charge in [0, 0.05) is 12.7 Å². The zero-order valence-electron chi connectivity index (χ0n) is 15.7. The molecule has 6 nitrogen and oxygen atoms in total. The first kappa shape index (κ1) is 20.2. The Morgan fingerprint density at radius 1 is 1.33 bits per heavy atom. The van der Waals surface area contributed by atoms with Crippen LogP contribution in [0.3, 0.4) is 0 Å². The number of nitrogens with zero attached hydrogens (tertiary/aromatic N) is 2. The van der Waals surface area contributed by atoms with Crippen LogP contribution in [-0.4, -0.2) is 29.2 Å². The molecule has 0 amide bonds. The van der Waals surface area contributed by atoms with Gasteiger partial charge in [0.2, 0.25) is 0 Å². The van der Waals surface area contributed by atoms with Gasteiger partial charge in [-0.1, -0.05) is 26.0 Å². The van der Waals surface area contributed by atoms with E-state index in [9.17, 15) is 10.1 Å². The van der Waals surface area contributed by atoms with Gasteiger partial charge in [-0.15, -0.1) is 0 Å². The number of carbonyl (C=O) groups is 1. The van der Waals surface area contributed by atoms with Crippen molar-refractivity contribution in [3.8, 4) is 11.8 Å². The van der Waals surface area contributed by atoms with Crippen LogP contribution in [0, 0.1) is 16.7 Å². The molecule has 0 unspecified atom stereocenters. The van der Waals surface area contributed by atoms with Crippen molar-refractivity contribution in [3.05, 3.63) is 53.7 Å². The predicted octanol–water partition coefficient (Wildman–Crippen LogP) is 3.88. The number of nitriles is 1. The summed E-state index contributed by atoms with van der Waals surface area (Å²) in [5.74, 6) is 0.638. The number of pyridine rings is 1. The second-order valence-electron chi connectivity index (χ2n) is 7.19. The van der Waals surface area contributed by atoms with Crippen LogP contribution in [0.1, 0.15) is 37.8 Å². The SMILES string of the molecule is CC(C)(CC(=O)O)Cc1ccc(OCCCNc2ccccn2)cc1C#N. The zero-order chi connectivity index (χ0) is 19.7. The van der Waals surface area contributed by atoms with Crippen molar-refractivity contribution in [2.45, 2.75) is 33.1 Å². The average Bonchev–Trinajstić information content (AvgIpc) is 2.62. The van der Waals surface area contributed by atoms with Gasteiger partial charge in [-0.05, 0) is 48.1 Å². The Bertz CT molecular complexity index is 798. The van der Waals surface area contributed by atoms with Crippen molar-refractivity contribution in [2.24, 2.45) is 5.41 Å². The number of nitrogens with one attached hydrogen (secondary N) is 1. The highest BCUT2D eigenvalue weighted by Gasteiger charge is 2.23. The molecule has 2 N–H and O–H groups in total. The standard InChI is InChI=1S/C21H25N3O3/c1-21(2,14-20(25)26)13-16-7-8-18(12-17(16)15-22)27-11-5-10-24-19-6-3-4-9-23-19/h3-4,6-9,12H,5,10-11,13-14H2,1-2H3,(H,23,24)(H,25,26). The third-order valence-corrected chi connectivity index (χ3v) is 4.06. The van der Waals surface area contributed by atoms with Gasteiger partial charge in [-0.25, -0.2) is 4.98 Å². The first-order valence-corrected chi connectivity index (χ1v) is 8.92. The third kappa shape index (κ3) is 6.98. The van der Waals surface area contributed by atoms with Gasteiger partial charge in [0.1, 0.15) is 11.6 Å². The lowest BCUT2D eigenvalue weighted by atomic mass is 9.81. The van der Waals surface area contributed by atoms with Crippen molar-refractivity contribution in [1.82, 2.24) is 4.98 Å². The van der Waals surface area contributed by atoms with E-state index in [-0.39, 0.29) is 6.42 Å². The largest absolute Gasteiger partial charge is 0.493 e. The van der Waals surface area contributed by atoms with E-state index >= 15 is 0 Å². The van der Waals surface area contributed by atoms with E-state index in [1.54, 1.807) is 12.3 Å². The normalized spacial score (nSPS) is 10.9. The average molecular weight is 367 g/mol. The van der Waals surface area contributed by atoms with Crippen LogP contribution in [-0.2, 0) is 11.2 Å². The molecule has 1 heterocycles. The summed E-state index contributed by atoms with van der Waals surface area (Å²) >= 11 is 0. The Morgan fingerprint density at radius 3 is 2.81 bits per heavy atom. The quantitative estimate of drug-likeness (QED) is 0.619. The highest BCUT2D eigenvalue weighted by molar-refractivity contribution is 5.67. The Hall–Kier alpha value is -3.07. The second kappa shape index (κ2) is 9.58. The molecule has 0 saturated heterocycles. The lowest BCUT2D eigenvalue weighted by molar-refractivity contribution is -0.139. The summed E-state index contributed by atoms with van der Waals surface area (Å²) in [5, 5.41) is 21.6. The summed E-state index contributed by atoms with van der Waals surface area (Å²) < 4.78 is 5.73. The molecule has 0 aliphatic heterocycles. The Labute approximate surface area is 159 Å². The molecule has 27 heavy (non-hydrogen) atoms. The lowest BCUT2D eigenvalue weighted by Crippen LogP contribution is -2.20. The van der Waals surface area contributed by atoms with Crippen molar-refractivity contribution in [1.29, 1.82) is 5.26 Å². The van der Waals surface area contributed by atoms with Crippen LogP contribution in [0.5, 0.6) is 5.75 Å². The molecule has 0 aliphatic rings. The fraction of sp³-hybridized carbons (Fsp3) is 0.381. The van der Waals surface area contributed by atoms with Crippen LogP contribution in [0.25, 0.3) is 0 Å². The second-order valence-corrected chi connectivity index (χ2v) is 7.19. The number of aliphatic carboxylic acids is 1. The summed E-state index contributed by atoms with van der Waals surface area (Å²) in [5.41, 5.74) is 0.947. The van der Waals surface area contributed by atoms with E-state index in [1.165, 1.54) is 0 Å². The number of anilines is 1. The molecule has 1 aromatic heterocycles. The highest BCUT2D eigenvalue weighted by atomic mass is 16.5. The Morgan fingerprint density at radius 2 is 2.15 bits per heavy atom. The van der Waals surface area contributed by atoms with Gasteiger partial charge < -0.3 is 15.2 Å². The van der Waals surface area contributed by atoms with Gasteiger partial charge >= 0.3 is 5.97 Å². The maximum absolute atomic E-state index is 11.0. The third-order valence-electron chi connectivity index (χ3n) is 4.06. The number of carboxylic acid groups (broad SMARTS) is 1. The van der Waals surface area contributed by atoms with Crippen molar-refractivity contribution in [3.63, 3.8) is 0 Å². The molecule has 0 spiro atoms. The topological polar surface area (TPSA) is 95.2 Å². The van der Waals surface area contributed by atoms with Crippen LogP contribution < -0.4 is 10.1 Å². The molecule has 0 fully saturated rings. The summed E-state index contributed by atoms with van der Waals surface area (Å²) in [6.07, 6.45) is 3.11. The number of benzene rings is 1. The van der Waals surface area contributed by atoms with Crippen molar-refractivity contribution < 1.29 is 14.6 Å². The molecular weight excluding hydrogens is 342 g/mol. The minimum Gasteiger partial charge on any atom is -0.493 e. The van der Waals surface area contributed by atoms with Gasteiger partial charge in [-0.3, -0.25) is 4.79 Å². The molecule has 6 heteroatoms. The summed E-state index contributed by atoms with van der Waals surface area (Å²) in [4.78, 5) is 15.2. The minimum absolute atomic E-state index is 0.0550. The molecule has 2 aromatic rings. The number of hydrogen-bond acceptors (Lipinski definition) is 5. The molecule has 0 atom stereocenters. The van der Waals surface area contributed by atoms with Crippen LogP contribution in [0.15, 0.2) is 42.6 Å². The van der Waals surface area contributed by atoms with E-state index in [0.717, 1.165) is 24.3 Å². The minimum atomic E-state index is -0.835. The maximum Gasteiger partial charge on any atom is 0.303 e. The van der Waals surface area contributed by atoms with Gasteiger partial charge in [0.15, 0.2) is 0 Å². The Kier molecular flexibility index (Phi) is 7.18. The number of aromatic nitrogens is 1. The summed E-state index contributed by atoms with van der Waals surface area (Å²) in [6.45, 7) is 5.04. The number of rotatable bonds is 10. The molecule has 2 rings (SSSR count). The number of hydrogen-bond donors (Lipinski definition) is 2. The van der Waals surface area contributed by atoms with Gasteiger partial charge in [0.25, 0.3) is 0 Å². The van der Waals surface area contributed by atoms with E-state index in [1.807, 2.05) is 44.2 Å². The Balaban J connectivity index is 1.86. The predicted molar refractivity (Wildman–Crippen MR) is 104 cm³/mol. The fourth-order valence-electron chi connectivity index (χ4n) is 2.84. The van der Waals surface area contributed by atoms with E-state index < -0.39 is 11.4 Å². The van der Waals surface area contributed by atoms with Crippen LogP contribution >= 0.6 is 0 Å². The summed E-state index contributed by atoms with van der Waals surface area (Å²) in [7, 11) is 0. The van der Waals surface area contributed by atoms with Crippen molar-refractivity contribution >= 4 is 11.8 Å². The molecule has 142 valence electrons. The van der Waals surface area contributed by atoms with E-state index in [2.05, 4.69) is 16.4 Å². The first-order valence-electron chi connectivity index (χ1n) is 8.92. The molecule has 0 aliphatic carbocycles. The molecule has 0 saturated carbocycles. The van der Waals surface area contributed by atoms with Crippen LogP contribution in [0.4, 0.5) is 5.82 Å². The molecular formula is C21H25N3O3. The first-order chi connectivity index (χ1) is 12.9. The van der Waals surface area contributed by atoms with Gasteiger partial charge in [0.05, 0.1) is 24.7 Å². The number of carboxylic acids is 1. The monoisotopic (exact) mass is 367 g/mol. The maximum atomic E-state index is 11.0.